The van der Waals surface area contributed by atoms with Crippen LogP contribution in [0.3, 0.4) is 0 Å². The molecule has 7 nitrogen and oxygen atoms in total. The Bertz CT molecular complexity index is 753. The number of anilines is 1. The van der Waals surface area contributed by atoms with Crippen molar-refractivity contribution in [3.05, 3.63) is 59.7 Å². The fourth-order valence-corrected chi connectivity index (χ4v) is 2.42. The standard InChI is InChI=1S/C20H22N2O5/c21-14-15-3-7-17(8-4-15)22-20(25)27-19(2-1-11-23)16-5-9-18(10-6-16)26-13-12-24/h3-10,19,23-24H,1-2,11-13H2,(H,22,25)/t19-/m0/s1. The number of ether oxygens (including phenoxy) is 2. The Morgan fingerprint density at radius 2 is 1.78 bits per heavy atom. The summed E-state index contributed by atoms with van der Waals surface area (Å²) < 4.78 is 10.8. The zero-order valence-corrected chi connectivity index (χ0v) is 14.8. The average Bonchev–Trinajstić information content (AvgIpc) is 2.70. The molecule has 0 saturated heterocycles. The molecule has 0 heterocycles. The molecule has 2 aromatic rings. The lowest BCUT2D eigenvalue weighted by Crippen LogP contribution is -2.18. The molecule has 0 aliphatic heterocycles. The van der Waals surface area contributed by atoms with Gasteiger partial charge in [0.05, 0.1) is 18.2 Å². The Morgan fingerprint density at radius 3 is 2.37 bits per heavy atom. The van der Waals surface area contributed by atoms with Crippen molar-refractivity contribution in [1.29, 1.82) is 5.26 Å². The lowest BCUT2D eigenvalue weighted by Gasteiger charge is -2.19. The van der Waals surface area contributed by atoms with Gasteiger partial charge in [-0.05, 0) is 54.8 Å². The number of amides is 1. The van der Waals surface area contributed by atoms with Crippen molar-refractivity contribution in [1.82, 2.24) is 0 Å². The van der Waals surface area contributed by atoms with Crippen LogP contribution < -0.4 is 10.1 Å². The van der Waals surface area contributed by atoms with Crippen LogP contribution in [0.4, 0.5) is 10.5 Å². The van der Waals surface area contributed by atoms with E-state index < -0.39 is 12.2 Å². The number of aliphatic hydroxyl groups is 2. The van der Waals surface area contributed by atoms with Gasteiger partial charge in [0.1, 0.15) is 18.5 Å². The van der Waals surface area contributed by atoms with Gasteiger partial charge in [0.15, 0.2) is 0 Å². The second-order valence-corrected chi connectivity index (χ2v) is 5.72. The normalized spacial score (nSPS) is 11.3. The second-order valence-electron chi connectivity index (χ2n) is 5.72. The van der Waals surface area contributed by atoms with Gasteiger partial charge in [-0.3, -0.25) is 5.32 Å². The molecule has 0 spiro atoms. The third-order valence-electron chi connectivity index (χ3n) is 3.75. The lowest BCUT2D eigenvalue weighted by atomic mass is 10.0. The van der Waals surface area contributed by atoms with E-state index in [1.807, 2.05) is 6.07 Å². The minimum absolute atomic E-state index is 0.00516. The van der Waals surface area contributed by atoms with Crippen molar-refractivity contribution in [2.75, 3.05) is 25.1 Å². The van der Waals surface area contributed by atoms with E-state index in [2.05, 4.69) is 5.32 Å². The summed E-state index contributed by atoms with van der Waals surface area (Å²) in [7, 11) is 0. The first-order chi connectivity index (χ1) is 13.2. The molecule has 0 saturated carbocycles. The Hall–Kier alpha value is -3.08. The third-order valence-corrected chi connectivity index (χ3v) is 3.75. The van der Waals surface area contributed by atoms with E-state index in [-0.39, 0.29) is 19.8 Å². The predicted molar refractivity (Wildman–Crippen MR) is 99.3 cm³/mol. The number of benzene rings is 2. The highest BCUT2D eigenvalue weighted by atomic mass is 16.6. The predicted octanol–water partition coefficient (Wildman–Crippen LogP) is 2.99. The van der Waals surface area contributed by atoms with Gasteiger partial charge < -0.3 is 19.7 Å². The van der Waals surface area contributed by atoms with Gasteiger partial charge in [0.25, 0.3) is 0 Å². The van der Waals surface area contributed by atoms with E-state index in [9.17, 15) is 4.79 Å². The SMILES string of the molecule is N#Cc1ccc(NC(=O)O[C@@H](CCCO)c2ccc(OCCO)cc2)cc1. The molecular formula is C20H22N2O5. The maximum atomic E-state index is 12.2. The second kappa shape index (κ2) is 10.8. The number of nitriles is 1. The fourth-order valence-electron chi connectivity index (χ4n) is 2.42. The first kappa shape index (κ1) is 20.2. The maximum Gasteiger partial charge on any atom is 0.412 e. The molecule has 0 bridgehead atoms. The molecule has 0 aliphatic rings. The minimum atomic E-state index is -0.622. The molecule has 1 amide bonds. The van der Waals surface area contributed by atoms with Crippen molar-refractivity contribution in [3.8, 4) is 11.8 Å². The largest absolute Gasteiger partial charge is 0.491 e. The Kier molecular flexibility index (Phi) is 8.10. The Morgan fingerprint density at radius 1 is 1.07 bits per heavy atom. The summed E-state index contributed by atoms with van der Waals surface area (Å²) in [4.78, 5) is 12.2. The number of carbonyl (C=O) groups excluding carboxylic acids is 1. The van der Waals surface area contributed by atoms with Crippen molar-refractivity contribution in [2.45, 2.75) is 18.9 Å². The van der Waals surface area contributed by atoms with E-state index >= 15 is 0 Å². The van der Waals surface area contributed by atoms with Crippen LogP contribution in [0.1, 0.15) is 30.1 Å². The fraction of sp³-hybridized carbons (Fsp3) is 0.300. The van der Waals surface area contributed by atoms with Crippen LogP contribution in [-0.2, 0) is 4.74 Å². The summed E-state index contributed by atoms with van der Waals surface area (Å²) in [6, 6.07) is 15.5. The monoisotopic (exact) mass is 370 g/mol. The van der Waals surface area contributed by atoms with Crippen LogP contribution >= 0.6 is 0 Å². The molecule has 27 heavy (non-hydrogen) atoms. The van der Waals surface area contributed by atoms with Crippen molar-refractivity contribution in [2.24, 2.45) is 0 Å². The van der Waals surface area contributed by atoms with Gasteiger partial charge in [-0.1, -0.05) is 12.1 Å². The third kappa shape index (κ3) is 6.62. The van der Waals surface area contributed by atoms with Crippen molar-refractivity contribution < 1.29 is 24.5 Å². The van der Waals surface area contributed by atoms with Crippen LogP contribution in [0.15, 0.2) is 48.5 Å². The Labute approximate surface area is 157 Å². The Balaban J connectivity index is 2.01. The van der Waals surface area contributed by atoms with Gasteiger partial charge in [0.2, 0.25) is 0 Å². The van der Waals surface area contributed by atoms with Gasteiger partial charge >= 0.3 is 6.09 Å². The number of nitrogens with one attached hydrogen (secondary N) is 1. The quantitative estimate of drug-likeness (QED) is 0.626. The molecule has 1 atom stereocenters. The van der Waals surface area contributed by atoms with E-state index in [4.69, 9.17) is 24.9 Å². The molecule has 0 aromatic heterocycles. The molecule has 7 heteroatoms. The van der Waals surface area contributed by atoms with E-state index in [1.54, 1.807) is 48.5 Å². The molecular weight excluding hydrogens is 348 g/mol. The number of nitrogens with zero attached hydrogens (tertiary/aromatic N) is 1. The molecule has 0 radical (unpaired) electrons. The summed E-state index contributed by atoms with van der Waals surface area (Å²) >= 11 is 0. The van der Waals surface area contributed by atoms with E-state index in [1.165, 1.54) is 0 Å². The van der Waals surface area contributed by atoms with E-state index in [0.29, 0.717) is 29.8 Å². The zero-order valence-electron chi connectivity index (χ0n) is 14.8. The molecule has 2 rings (SSSR count). The highest BCUT2D eigenvalue weighted by molar-refractivity contribution is 5.84. The molecule has 0 aliphatic carbocycles. The molecule has 142 valence electrons. The van der Waals surface area contributed by atoms with Crippen molar-refractivity contribution in [3.63, 3.8) is 0 Å². The number of carbonyl (C=O) groups is 1. The molecule has 0 fully saturated rings. The minimum Gasteiger partial charge on any atom is -0.491 e. The summed E-state index contributed by atoms with van der Waals surface area (Å²) in [5.41, 5.74) is 1.79. The van der Waals surface area contributed by atoms with Crippen LogP contribution in [0, 0.1) is 11.3 Å². The van der Waals surface area contributed by atoms with Gasteiger partial charge in [-0.15, -0.1) is 0 Å². The topological polar surface area (TPSA) is 112 Å². The van der Waals surface area contributed by atoms with Crippen LogP contribution in [-0.4, -0.2) is 36.1 Å². The van der Waals surface area contributed by atoms with Gasteiger partial charge in [0, 0.05) is 12.3 Å². The van der Waals surface area contributed by atoms with Gasteiger partial charge in [-0.25, -0.2) is 4.79 Å². The molecule has 3 N–H and O–H groups in total. The average molecular weight is 370 g/mol. The summed E-state index contributed by atoms with van der Waals surface area (Å²) in [5, 5.41) is 29.3. The molecule has 2 aromatic carbocycles. The van der Waals surface area contributed by atoms with E-state index in [0.717, 1.165) is 5.56 Å². The lowest BCUT2D eigenvalue weighted by molar-refractivity contribution is 0.0994. The smallest absolute Gasteiger partial charge is 0.412 e. The zero-order chi connectivity index (χ0) is 19.5. The number of hydrogen-bond acceptors (Lipinski definition) is 6. The number of rotatable bonds is 9. The highest BCUT2D eigenvalue weighted by Crippen LogP contribution is 2.25. The summed E-state index contributed by atoms with van der Waals surface area (Å²) in [5.74, 6) is 0.607. The highest BCUT2D eigenvalue weighted by Gasteiger charge is 2.17. The molecule has 0 unspecified atom stereocenters. The number of hydrogen-bond donors (Lipinski definition) is 3. The first-order valence-electron chi connectivity index (χ1n) is 8.58. The van der Waals surface area contributed by atoms with Crippen molar-refractivity contribution >= 4 is 11.8 Å². The summed E-state index contributed by atoms with van der Waals surface area (Å²) in [6.45, 7) is 0.130. The first-order valence-corrected chi connectivity index (χ1v) is 8.58. The summed E-state index contributed by atoms with van der Waals surface area (Å²) in [6.07, 6.45) is -0.197. The van der Waals surface area contributed by atoms with Crippen LogP contribution in [0.2, 0.25) is 0 Å². The van der Waals surface area contributed by atoms with Gasteiger partial charge in [-0.2, -0.15) is 5.26 Å². The van der Waals surface area contributed by atoms with Crippen LogP contribution in [0.25, 0.3) is 0 Å². The maximum absolute atomic E-state index is 12.2. The van der Waals surface area contributed by atoms with Crippen LogP contribution in [0.5, 0.6) is 5.75 Å². The number of aliphatic hydroxyl groups excluding tert-OH is 2.